The van der Waals surface area contributed by atoms with E-state index in [2.05, 4.69) is 39.8 Å². The van der Waals surface area contributed by atoms with Gasteiger partial charge >= 0.3 is 0 Å². The Labute approximate surface area is 177 Å². The number of hydrogen-bond donors (Lipinski definition) is 1. The standard InChI is InChI=1S/C22H25N5O.ClH/c1-17-22(28)26(13-12-18-8-4-2-5-9-18)16-21-25-24-20(27(17)21)15-23-14-19-10-6-3-7-11-19;/h2-11,17,23H,12-16H2,1H3;1H/t17-;/m1./s1. The average molecular weight is 412 g/mol. The van der Waals surface area contributed by atoms with Crippen LogP contribution in [0.3, 0.4) is 0 Å². The summed E-state index contributed by atoms with van der Waals surface area (Å²) in [6, 6.07) is 20.2. The molecule has 3 aromatic rings. The first-order chi connectivity index (χ1) is 13.7. The molecule has 0 spiro atoms. The fourth-order valence-corrected chi connectivity index (χ4v) is 3.67. The molecule has 0 bridgehead atoms. The van der Waals surface area contributed by atoms with Crippen molar-refractivity contribution in [2.24, 2.45) is 0 Å². The first kappa shape index (κ1) is 21.0. The van der Waals surface area contributed by atoms with E-state index in [1.807, 2.05) is 52.8 Å². The van der Waals surface area contributed by atoms with Gasteiger partial charge in [0.1, 0.15) is 11.9 Å². The van der Waals surface area contributed by atoms with E-state index in [1.54, 1.807) is 0 Å². The molecular weight excluding hydrogens is 386 g/mol. The minimum atomic E-state index is -0.275. The molecule has 0 aliphatic carbocycles. The smallest absolute Gasteiger partial charge is 0.245 e. The summed E-state index contributed by atoms with van der Waals surface area (Å²) in [4.78, 5) is 14.8. The number of aromatic nitrogens is 3. The van der Waals surface area contributed by atoms with Crippen molar-refractivity contribution >= 4 is 18.3 Å². The van der Waals surface area contributed by atoms with Crippen molar-refractivity contribution in [3.63, 3.8) is 0 Å². The quantitative estimate of drug-likeness (QED) is 0.648. The molecule has 1 amide bonds. The van der Waals surface area contributed by atoms with Gasteiger partial charge in [-0.15, -0.1) is 22.6 Å². The van der Waals surface area contributed by atoms with Gasteiger partial charge in [0.05, 0.1) is 13.1 Å². The summed E-state index contributed by atoms with van der Waals surface area (Å²) in [5.41, 5.74) is 2.46. The van der Waals surface area contributed by atoms with Crippen molar-refractivity contribution in [1.82, 2.24) is 25.0 Å². The molecule has 0 radical (unpaired) electrons. The molecule has 1 atom stereocenters. The summed E-state index contributed by atoms with van der Waals surface area (Å²) in [6.07, 6.45) is 0.846. The van der Waals surface area contributed by atoms with Gasteiger partial charge in [-0.2, -0.15) is 0 Å². The largest absolute Gasteiger partial charge is 0.333 e. The summed E-state index contributed by atoms with van der Waals surface area (Å²) in [6.45, 7) is 4.49. The van der Waals surface area contributed by atoms with Gasteiger partial charge in [0, 0.05) is 13.1 Å². The van der Waals surface area contributed by atoms with Crippen LogP contribution in [0, 0.1) is 0 Å². The Morgan fingerprint density at radius 3 is 2.31 bits per heavy atom. The van der Waals surface area contributed by atoms with Gasteiger partial charge in [-0.25, -0.2) is 0 Å². The topological polar surface area (TPSA) is 63.1 Å². The van der Waals surface area contributed by atoms with Gasteiger partial charge < -0.3 is 10.2 Å². The van der Waals surface area contributed by atoms with Gasteiger partial charge in [0.25, 0.3) is 0 Å². The summed E-state index contributed by atoms with van der Waals surface area (Å²) < 4.78 is 1.99. The molecule has 6 nitrogen and oxygen atoms in total. The lowest BCUT2D eigenvalue weighted by Crippen LogP contribution is -2.43. The van der Waals surface area contributed by atoms with Gasteiger partial charge in [-0.3, -0.25) is 9.36 Å². The SMILES string of the molecule is C[C@@H]1C(=O)N(CCc2ccccc2)Cc2nnc(CNCc3ccccc3)n21.Cl. The molecule has 1 aliphatic rings. The Hall–Kier alpha value is -2.70. The number of benzene rings is 2. The lowest BCUT2D eigenvalue weighted by atomic mass is 10.1. The number of amides is 1. The van der Waals surface area contributed by atoms with Crippen molar-refractivity contribution in [3.8, 4) is 0 Å². The third kappa shape index (κ3) is 4.83. The third-order valence-electron chi connectivity index (χ3n) is 5.19. The van der Waals surface area contributed by atoms with E-state index >= 15 is 0 Å². The van der Waals surface area contributed by atoms with Crippen LogP contribution >= 0.6 is 12.4 Å². The summed E-state index contributed by atoms with van der Waals surface area (Å²) in [7, 11) is 0. The molecule has 0 fully saturated rings. The van der Waals surface area contributed by atoms with Crippen molar-refractivity contribution in [3.05, 3.63) is 83.4 Å². The zero-order chi connectivity index (χ0) is 19.3. The van der Waals surface area contributed by atoms with Crippen LogP contribution in [-0.2, 0) is 30.8 Å². The fourth-order valence-electron chi connectivity index (χ4n) is 3.67. The molecule has 1 N–H and O–H groups in total. The highest BCUT2D eigenvalue weighted by molar-refractivity contribution is 5.85. The van der Waals surface area contributed by atoms with Crippen molar-refractivity contribution in [1.29, 1.82) is 0 Å². The number of rotatable bonds is 7. The van der Waals surface area contributed by atoms with Crippen LogP contribution in [0.4, 0.5) is 0 Å². The van der Waals surface area contributed by atoms with E-state index in [0.29, 0.717) is 19.6 Å². The van der Waals surface area contributed by atoms with Crippen molar-refractivity contribution < 1.29 is 4.79 Å². The number of carbonyl (C=O) groups excluding carboxylic acids is 1. The number of carbonyl (C=O) groups is 1. The second kappa shape index (κ2) is 9.67. The maximum Gasteiger partial charge on any atom is 0.245 e. The predicted molar refractivity (Wildman–Crippen MR) is 115 cm³/mol. The fraction of sp³-hybridized carbons (Fsp3) is 0.318. The molecule has 4 rings (SSSR count). The molecule has 1 aliphatic heterocycles. The minimum absolute atomic E-state index is 0. The van der Waals surface area contributed by atoms with Crippen molar-refractivity contribution in [2.75, 3.05) is 6.54 Å². The first-order valence-electron chi connectivity index (χ1n) is 9.72. The maximum absolute atomic E-state index is 12.9. The molecule has 152 valence electrons. The van der Waals surface area contributed by atoms with Crippen LogP contribution in [-0.4, -0.2) is 32.1 Å². The number of hydrogen-bond acceptors (Lipinski definition) is 4. The number of nitrogens with zero attached hydrogens (tertiary/aromatic N) is 4. The normalized spacial score (nSPS) is 15.7. The van der Waals surface area contributed by atoms with Crippen LogP contribution in [0.2, 0.25) is 0 Å². The van der Waals surface area contributed by atoms with Crippen LogP contribution in [0.5, 0.6) is 0 Å². The third-order valence-corrected chi connectivity index (χ3v) is 5.19. The molecule has 2 aromatic carbocycles. The Balaban J connectivity index is 0.00000240. The lowest BCUT2D eigenvalue weighted by Gasteiger charge is -2.32. The van der Waals surface area contributed by atoms with Crippen LogP contribution < -0.4 is 5.32 Å². The average Bonchev–Trinajstić information content (AvgIpc) is 3.14. The van der Waals surface area contributed by atoms with E-state index in [9.17, 15) is 4.79 Å². The van der Waals surface area contributed by atoms with E-state index in [1.165, 1.54) is 11.1 Å². The summed E-state index contributed by atoms with van der Waals surface area (Å²) >= 11 is 0. The number of halogens is 1. The Morgan fingerprint density at radius 2 is 1.62 bits per heavy atom. The molecule has 0 saturated carbocycles. The van der Waals surface area contributed by atoms with Crippen molar-refractivity contribution in [2.45, 2.75) is 39.0 Å². The minimum Gasteiger partial charge on any atom is -0.333 e. The highest BCUT2D eigenvalue weighted by Gasteiger charge is 2.32. The van der Waals surface area contributed by atoms with Gasteiger partial charge in [-0.1, -0.05) is 60.7 Å². The van der Waals surface area contributed by atoms with Gasteiger partial charge in [0.2, 0.25) is 5.91 Å². The number of nitrogens with one attached hydrogen (secondary N) is 1. The van der Waals surface area contributed by atoms with E-state index in [4.69, 9.17) is 0 Å². The maximum atomic E-state index is 12.9. The highest BCUT2D eigenvalue weighted by Crippen LogP contribution is 2.23. The first-order valence-corrected chi connectivity index (χ1v) is 9.72. The second-order valence-corrected chi connectivity index (χ2v) is 7.16. The molecule has 2 heterocycles. The monoisotopic (exact) mass is 411 g/mol. The second-order valence-electron chi connectivity index (χ2n) is 7.16. The molecule has 29 heavy (non-hydrogen) atoms. The molecule has 0 saturated heterocycles. The zero-order valence-electron chi connectivity index (χ0n) is 16.5. The number of fused-ring (bicyclic) bond motifs is 1. The van der Waals surface area contributed by atoms with E-state index in [-0.39, 0.29) is 24.4 Å². The predicted octanol–water partition coefficient (Wildman–Crippen LogP) is 3.14. The highest BCUT2D eigenvalue weighted by atomic mass is 35.5. The van der Waals surface area contributed by atoms with Crippen LogP contribution in [0.15, 0.2) is 60.7 Å². The lowest BCUT2D eigenvalue weighted by molar-refractivity contribution is -0.137. The van der Waals surface area contributed by atoms with Gasteiger partial charge in [-0.05, 0) is 24.5 Å². The zero-order valence-corrected chi connectivity index (χ0v) is 17.3. The summed E-state index contributed by atoms with van der Waals surface area (Å²) in [5.74, 6) is 1.80. The van der Waals surface area contributed by atoms with Crippen LogP contribution in [0.25, 0.3) is 0 Å². The Kier molecular flexibility index (Phi) is 7.01. The molecule has 0 unspecified atom stereocenters. The molecule has 1 aromatic heterocycles. The summed E-state index contributed by atoms with van der Waals surface area (Å²) in [5, 5.41) is 12.1. The Bertz CT molecular complexity index is 929. The molecule has 7 heteroatoms. The van der Waals surface area contributed by atoms with Gasteiger partial charge in [0.15, 0.2) is 5.82 Å². The molecular formula is C22H26ClN5O. The van der Waals surface area contributed by atoms with E-state index in [0.717, 1.165) is 24.6 Å². The van der Waals surface area contributed by atoms with Crippen LogP contribution in [0.1, 0.15) is 35.7 Å². The Morgan fingerprint density at radius 1 is 0.966 bits per heavy atom. The van der Waals surface area contributed by atoms with E-state index < -0.39 is 0 Å².